The highest BCUT2D eigenvalue weighted by atomic mass is 19.1. The Morgan fingerprint density at radius 2 is 2.18 bits per heavy atom. The fourth-order valence-corrected chi connectivity index (χ4v) is 1.36. The van der Waals surface area contributed by atoms with E-state index in [0.717, 1.165) is 13.1 Å². The van der Waals surface area contributed by atoms with Crippen LogP contribution in [0, 0.1) is 5.82 Å². The largest absolute Gasteiger partial charge is 0.399 e. The van der Waals surface area contributed by atoms with E-state index in [9.17, 15) is 9.18 Å². The van der Waals surface area contributed by atoms with Gasteiger partial charge >= 0.3 is 0 Å². The molecule has 3 N–H and O–H groups in total. The summed E-state index contributed by atoms with van der Waals surface area (Å²) in [7, 11) is 1.96. The Balaban J connectivity index is 2.52. The number of halogens is 1. The van der Waals surface area contributed by atoms with E-state index in [1.165, 1.54) is 18.2 Å². The third-order valence-corrected chi connectivity index (χ3v) is 2.50. The highest BCUT2D eigenvalue weighted by molar-refractivity contribution is 5.95. The lowest BCUT2D eigenvalue weighted by Gasteiger charge is -2.14. The van der Waals surface area contributed by atoms with Gasteiger partial charge in [-0.3, -0.25) is 4.79 Å². The summed E-state index contributed by atoms with van der Waals surface area (Å²) >= 11 is 0. The monoisotopic (exact) mass is 239 g/mol. The number of amides is 1. The predicted octanol–water partition coefficient (Wildman–Crippen LogP) is 1.09. The van der Waals surface area contributed by atoms with Crippen molar-refractivity contribution < 1.29 is 9.18 Å². The van der Waals surface area contributed by atoms with E-state index in [-0.39, 0.29) is 17.2 Å². The number of nitrogen functional groups attached to an aromatic ring is 1. The SMILES string of the molecule is CCN(C)CCNC(=O)c1cc(N)cc(F)c1. The van der Waals surface area contributed by atoms with Gasteiger partial charge in [-0.1, -0.05) is 6.92 Å². The number of carbonyl (C=O) groups is 1. The quantitative estimate of drug-likeness (QED) is 0.756. The molecular formula is C12H18FN3O. The smallest absolute Gasteiger partial charge is 0.251 e. The van der Waals surface area contributed by atoms with Gasteiger partial charge in [-0.05, 0) is 31.8 Å². The van der Waals surface area contributed by atoms with Crippen molar-refractivity contribution >= 4 is 11.6 Å². The van der Waals surface area contributed by atoms with Crippen molar-refractivity contribution in [2.24, 2.45) is 0 Å². The van der Waals surface area contributed by atoms with Crippen LogP contribution in [-0.4, -0.2) is 37.5 Å². The van der Waals surface area contributed by atoms with Crippen molar-refractivity contribution in [1.29, 1.82) is 0 Å². The fourth-order valence-electron chi connectivity index (χ4n) is 1.36. The molecule has 1 aromatic carbocycles. The van der Waals surface area contributed by atoms with Gasteiger partial charge in [0.05, 0.1) is 0 Å². The first-order valence-corrected chi connectivity index (χ1v) is 5.55. The first-order chi connectivity index (χ1) is 8.02. The first kappa shape index (κ1) is 13.4. The van der Waals surface area contributed by atoms with Gasteiger partial charge < -0.3 is 16.0 Å². The van der Waals surface area contributed by atoms with E-state index in [1.54, 1.807) is 0 Å². The zero-order chi connectivity index (χ0) is 12.8. The Hall–Kier alpha value is -1.62. The molecule has 0 aromatic heterocycles. The normalized spacial score (nSPS) is 10.6. The van der Waals surface area contributed by atoms with Crippen LogP contribution in [0.1, 0.15) is 17.3 Å². The van der Waals surface area contributed by atoms with E-state index in [4.69, 9.17) is 5.73 Å². The number of nitrogens with one attached hydrogen (secondary N) is 1. The number of anilines is 1. The lowest BCUT2D eigenvalue weighted by atomic mass is 10.2. The molecule has 1 aromatic rings. The maximum absolute atomic E-state index is 13.0. The number of hydrogen-bond donors (Lipinski definition) is 2. The number of nitrogens with two attached hydrogens (primary N) is 1. The summed E-state index contributed by atoms with van der Waals surface area (Å²) in [6.45, 7) is 4.24. The lowest BCUT2D eigenvalue weighted by Crippen LogP contribution is -2.32. The molecule has 0 unspecified atom stereocenters. The van der Waals surface area contributed by atoms with Crippen LogP contribution in [0.2, 0.25) is 0 Å². The van der Waals surface area contributed by atoms with E-state index < -0.39 is 5.82 Å². The number of hydrogen-bond acceptors (Lipinski definition) is 3. The summed E-state index contributed by atoms with van der Waals surface area (Å²) in [6, 6.07) is 3.82. The standard InChI is InChI=1S/C12H18FN3O/c1-3-16(2)5-4-15-12(17)9-6-10(13)8-11(14)7-9/h6-8H,3-5,14H2,1-2H3,(H,15,17). The van der Waals surface area contributed by atoms with Crippen molar-refractivity contribution in [3.8, 4) is 0 Å². The highest BCUT2D eigenvalue weighted by Gasteiger charge is 2.07. The van der Waals surface area contributed by atoms with Crippen molar-refractivity contribution in [2.75, 3.05) is 32.4 Å². The Bertz CT molecular complexity index is 375. The van der Waals surface area contributed by atoms with Crippen LogP contribution in [0.4, 0.5) is 10.1 Å². The summed E-state index contributed by atoms with van der Waals surface area (Å²) < 4.78 is 13.0. The van der Waals surface area contributed by atoms with Gasteiger partial charge in [0.25, 0.3) is 5.91 Å². The Kier molecular flexibility index (Phi) is 4.90. The molecule has 0 aliphatic heterocycles. The minimum Gasteiger partial charge on any atom is -0.399 e. The van der Waals surface area contributed by atoms with Gasteiger partial charge in [0.2, 0.25) is 0 Å². The van der Waals surface area contributed by atoms with Crippen molar-refractivity contribution in [3.05, 3.63) is 29.6 Å². The average molecular weight is 239 g/mol. The van der Waals surface area contributed by atoms with Gasteiger partial charge in [-0.2, -0.15) is 0 Å². The molecule has 0 spiro atoms. The molecular weight excluding hydrogens is 221 g/mol. The zero-order valence-electron chi connectivity index (χ0n) is 10.2. The Labute approximate surface area is 101 Å². The van der Waals surface area contributed by atoms with Gasteiger partial charge in [0.1, 0.15) is 5.82 Å². The summed E-state index contributed by atoms with van der Waals surface area (Å²) in [5.41, 5.74) is 5.97. The van der Waals surface area contributed by atoms with Crippen molar-refractivity contribution in [1.82, 2.24) is 10.2 Å². The number of benzene rings is 1. The summed E-state index contributed by atoms with van der Waals surface area (Å²) in [5.74, 6) is -0.804. The topological polar surface area (TPSA) is 58.4 Å². The second-order valence-electron chi connectivity index (χ2n) is 3.93. The number of likely N-dealkylation sites (N-methyl/N-ethyl adjacent to an activating group) is 1. The molecule has 0 bridgehead atoms. The maximum atomic E-state index is 13.0. The molecule has 1 amide bonds. The molecule has 0 heterocycles. The molecule has 0 atom stereocenters. The average Bonchev–Trinajstić information content (AvgIpc) is 2.27. The van der Waals surface area contributed by atoms with Crippen LogP contribution < -0.4 is 11.1 Å². The number of nitrogens with zero attached hydrogens (tertiary/aromatic N) is 1. The lowest BCUT2D eigenvalue weighted by molar-refractivity contribution is 0.0949. The molecule has 0 radical (unpaired) electrons. The van der Waals surface area contributed by atoms with Crippen LogP contribution in [-0.2, 0) is 0 Å². The third kappa shape index (κ3) is 4.40. The zero-order valence-corrected chi connectivity index (χ0v) is 10.2. The van der Waals surface area contributed by atoms with Crippen LogP contribution in [0.25, 0.3) is 0 Å². The van der Waals surface area contributed by atoms with Crippen LogP contribution >= 0.6 is 0 Å². The van der Waals surface area contributed by atoms with Crippen LogP contribution in [0.5, 0.6) is 0 Å². The molecule has 17 heavy (non-hydrogen) atoms. The molecule has 0 saturated heterocycles. The van der Waals surface area contributed by atoms with Gasteiger partial charge in [0, 0.05) is 24.3 Å². The first-order valence-electron chi connectivity index (χ1n) is 5.55. The molecule has 0 fully saturated rings. The van der Waals surface area contributed by atoms with Crippen molar-refractivity contribution in [3.63, 3.8) is 0 Å². The van der Waals surface area contributed by atoms with Crippen LogP contribution in [0.3, 0.4) is 0 Å². The number of carbonyl (C=O) groups excluding carboxylic acids is 1. The molecule has 94 valence electrons. The molecule has 5 heteroatoms. The van der Waals surface area contributed by atoms with Crippen LogP contribution in [0.15, 0.2) is 18.2 Å². The van der Waals surface area contributed by atoms with E-state index in [0.29, 0.717) is 6.54 Å². The predicted molar refractivity (Wildman–Crippen MR) is 66.3 cm³/mol. The molecule has 0 saturated carbocycles. The maximum Gasteiger partial charge on any atom is 0.251 e. The van der Waals surface area contributed by atoms with E-state index in [2.05, 4.69) is 10.2 Å². The van der Waals surface area contributed by atoms with Gasteiger partial charge in [0.15, 0.2) is 0 Å². The highest BCUT2D eigenvalue weighted by Crippen LogP contribution is 2.10. The van der Waals surface area contributed by atoms with Crippen molar-refractivity contribution in [2.45, 2.75) is 6.92 Å². The fraction of sp³-hybridized carbons (Fsp3) is 0.417. The van der Waals surface area contributed by atoms with E-state index in [1.807, 2.05) is 14.0 Å². The minimum absolute atomic E-state index is 0.251. The third-order valence-electron chi connectivity index (χ3n) is 2.50. The molecule has 0 aliphatic rings. The molecule has 1 rings (SSSR count). The second-order valence-corrected chi connectivity index (χ2v) is 3.93. The molecule has 0 aliphatic carbocycles. The minimum atomic E-state index is -0.499. The Morgan fingerprint density at radius 3 is 2.76 bits per heavy atom. The van der Waals surface area contributed by atoms with Gasteiger partial charge in [-0.15, -0.1) is 0 Å². The number of rotatable bonds is 5. The Morgan fingerprint density at radius 1 is 1.47 bits per heavy atom. The summed E-state index contributed by atoms with van der Waals surface area (Å²) in [6.07, 6.45) is 0. The summed E-state index contributed by atoms with van der Waals surface area (Å²) in [5, 5.41) is 2.72. The second kappa shape index (κ2) is 6.20. The van der Waals surface area contributed by atoms with Gasteiger partial charge in [-0.25, -0.2) is 4.39 Å². The van der Waals surface area contributed by atoms with E-state index >= 15 is 0 Å². The molecule has 4 nitrogen and oxygen atoms in total. The summed E-state index contributed by atoms with van der Waals surface area (Å²) in [4.78, 5) is 13.7.